The van der Waals surface area contributed by atoms with Gasteiger partial charge in [0.05, 0.1) is 6.04 Å². The highest BCUT2D eigenvalue weighted by Gasteiger charge is 2.29. The van der Waals surface area contributed by atoms with Gasteiger partial charge in [-0.2, -0.15) is 0 Å². The van der Waals surface area contributed by atoms with Gasteiger partial charge in [-0.25, -0.2) is 0 Å². The molecule has 3 aromatic rings. The lowest BCUT2D eigenvalue weighted by molar-refractivity contribution is 0.0597. The Bertz CT molecular complexity index is 976. The van der Waals surface area contributed by atoms with Crippen LogP contribution < -0.4 is 9.47 Å². The zero-order valence-electron chi connectivity index (χ0n) is 16.7. The topological polar surface area (TPSA) is 42.0 Å². The lowest BCUT2D eigenvalue weighted by atomic mass is 9.96. The monoisotopic (exact) mass is 400 g/mol. The van der Waals surface area contributed by atoms with Gasteiger partial charge in [-0.05, 0) is 29.3 Å². The van der Waals surface area contributed by atoms with Crippen LogP contribution in [-0.2, 0) is 0 Å². The second kappa shape index (κ2) is 8.20. The molecule has 0 atom stereocenters. The molecule has 2 aliphatic rings. The Morgan fingerprint density at radius 2 is 1.33 bits per heavy atom. The van der Waals surface area contributed by atoms with Gasteiger partial charge in [0.2, 0.25) is 6.79 Å². The van der Waals surface area contributed by atoms with Gasteiger partial charge in [-0.15, -0.1) is 0 Å². The van der Waals surface area contributed by atoms with Crippen molar-refractivity contribution in [1.29, 1.82) is 0 Å². The minimum Gasteiger partial charge on any atom is -0.454 e. The summed E-state index contributed by atoms with van der Waals surface area (Å²) in [4.78, 5) is 17.4. The highest BCUT2D eigenvalue weighted by molar-refractivity contribution is 5.95. The zero-order chi connectivity index (χ0) is 20.3. The summed E-state index contributed by atoms with van der Waals surface area (Å²) >= 11 is 0. The number of benzene rings is 3. The smallest absolute Gasteiger partial charge is 0.254 e. The molecule has 0 aliphatic carbocycles. The first-order valence-corrected chi connectivity index (χ1v) is 10.3. The number of fused-ring (bicyclic) bond motifs is 1. The SMILES string of the molecule is O=C(c1ccc2c(c1)OCO2)N1CCN(C(c2ccccc2)c2ccccc2)CC1. The van der Waals surface area contributed by atoms with E-state index in [1.165, 1.54) is 11.1 Å². The molecule has 3 aromatic carbocycles. The summed E-state index contributed by atoms with van der Waals surface area (Å²) in [5, 5.41) is 0. The molecule has 0 aromatic heterocycles. The van der Waals surface area contributed by atoms with Crippen molar-refractivity contribution in [2.45, 2.75) is 6.04 Å². The van der Waals surface area contributed by atoms with Gasteiger partial charge < -0.3 is 14.4 Å². The summed E-state index contributed by atoms with van der Waals surface area (Å²) < 4.78 is 10.8. The minimum absolute atomic E-state index is 0.0453. The number of carbonyl (C=O) groups excluding carboxylic acids is 1. The Morgan fingerprint density at radius 1 is 0.733 bits per heavy atom. The molecule has 0 N–H and O–H groups in total. The van der Waals surface area contributed by atoms with E-state index in [4.69, 9.17) is 9.47 Å². The van der Waals surface area contributed by atoms with E-state index in [2.05, 4.69) is 53.4 Å². The van der Waals surface area contributed by atoms with E-state index in [0.29, 0.717) is 30.2 Å². The van der Waals surface area contributed by atoms with Crippen LogP contribution in [0.25, 0.3) is 0 Å². The quantitative estimate of drug-likeness (QED) is 0.665. The molecule has 0 radical (unpaired) electrons. The van der Waals surface area contributed by atoms with Gasteiger partial charge in [-0.1, -0.05) is 60.7 Å². The fraction of sp³-hybridized carbons (Fsp3) is 0.240. The summed E-state index contributed by atoms with van der Waals surface area (Å²) in [5.41, 5.74) is 3.20. The fourth-order valence-electron chi connectivity index (χ4n) is 4.28. The summed E-state index contributed by atoms with van der Waals surface area (Å²) in [6, 6.07) is 26.8. The maximum Gasteiger partial charge on any atom is 0.254 e. The van der Waals surface area contributed by atoms with Crippen molar-refractivity contribution in [3.05, 3.63) is 95.6 Å². The molecule has 0 bridgehead atoms. The summed E-state index contributed by atoms with van der Waals surface area (Å²) in [7, 11) is 0. The molecule has 0 unspecified atom stereocenters. The van der Waals surface area contributed by atoms with Crippen LogP contribution in [0, 0.1) is 0 Å². The summed E-state index contributed by atoms with van der Waals surface area (Å²) in [5.74, 6) is 1.39. The molecular weight excluding hydrogens is 376 g/mol. The van der Waals surface area contributed by atoms with Crippen molar-refractivity contribution in [3.8, 4) is 11.5 Å². The van der Waals surface area contributed by atoms with Gasteiger partial charge in [0, 0.05) is 31.7 Å². The van der Waals surface area contributed by atoms with E-state index in [0.717, 1.165) is 13.1 Å². The molecule has 152 valence electrons. The highest BCUT2D eigenvalue weighted by Crippen LogP contribution is 2.33. The van der Waals surface area contributed by atoms with Crippen LogP contribution in [-0.4, -0.2) is 48.7 Å². The van der Waals surface area contributed by atoms with E-state index in [9.17, 15) is 4.79 Å². The largest absolute Gasteiger partial charge is 0.454 e. The van der Waals surface area contributed by atoms with Crippen molar-refractivity contribution >= 4 is 5.91 Å². The molecule has 5 nitrogen and oxygen atoms in total. The van der Waals surface area contributed by atoms with Crippen LogP contribution in [0.5, 0.6) is 11.5 Å². The lowest BCUT2D eigenvalue weighted by Crippen LogP contribution is -2.49. The fourth-order valence-corrected chi connectivity index (χ4v) is 4.28. The second-order valence-electron chi connectivity index (χ2n) is 7.62. The van der Waals surface area contributed by atoms with E-state index >= 15 is 0 Å². The molecule has 1 saturated heterocycles. The molecule has 1 fully saturated rings. The lowest BCUT2D eigenvalue weighted by Gasteiger charge is -2.39. The second-order valence-corrected chi connectivity index (χ2v) is 7.62. The average molecular weight is 400 g/mol. The Balaban J connectivity index is 1.32. The normalized spacial score (nSPS) is 16.1. The number of piperazine rings is 1. The van der Waals surface area contributed by atoms with Gasteiger partial charge >= 0.3 is 0 Å². The predicted octanol–water partition coefficient (Wildman–Crippen LogP) is 3.96. The number of ether oxygens (including phenoxy) is 2. The van der Waals surface area contributed by atoms with Crippen molar-refractivity contribution in [1.82, 2.24) is 9.80 Å². The maximum atomic E-state index is 13.0. The minimum atomic E-state index is 0.0453. The number of amides is 1. The maximum absolute atomic E-state index is 13.0. The molecule has 5 heteroatoms. The van der Waals surface area contributed by atoms with Gasteiger partial charge in [0.1, 0.15) is 0 Å². The van der Waals surface area contributed by atoms with Crippen LogP contribution in [0.4, 0.5) is 0 Å². The Labute approximate surface area is 176 Å². The van der Waals surface area contributed by atoms with Crippen molar-refractivity contribution in [2.24, 2.45) is 0 Å². The van der Waals surface area contributed by atoms with Crippen LogP contribution >= 0.6 is 0 Å². The molecule has 2 aliphatic heterocycles. The van der Waals surface area contributed by atoms with Crippen molar-refractivity contribution in [3.63, 3.8) is 0 Å². The number of rotatable bonds is 4. The Kier molecular flexibility index (Phi) is 5.11. The number of carbonyl (C=O) groups is 1. The van der Waals surface area contributed by atoms with E-state index in [1.807, 2.05) is 29.2 Å². The molecule has 2 heterocycles. The molecular formula is C25H24N2O3. The summed E-state index contributed by atoms with van der Waals surface area (Å²) in [6.07, 6.45) is 0. The van der Waals surface area contributed by atoms with Crippen molar-refractivity contribution < 1.29 is 14.3 Å². The molecule has 0 spiro atoms. The Morgan fingerprint density at radius 3 is 1.97 bits per heavy atom. The molecule has 1 amide bonds. The zero-order valence-corrected chi connectivity index (χ0v) is 16.7. The number of hydrogen-bond acceptors (Lipinski definition) is 4. The first kappa shape index (κ1) is 18.7. The van der Waals surface area contributed by atoms with Gasteiger partial charge in [0.15, 0.2) is 11.5 Å². The molecule has 0 saturated carbocycles. The average Bonchev–Trinajstić information content (AvgIpc) is 3.29. The first-order chi connectivity index (χ1) is 14.8. The Hall–Kier alpha value is -3.31. The van der Waals surface area contributed by atoms with Crippen LogP contribution in [0.1, 0.15) is 27.5 Å². The molecule has 30 heavy (non-hydrogen) atoms. The van der Waals surface area contributed by atoms with Gasteiger partial charge in [-0.3, -0.25) is 9.69 Å². The third kappa shape index (κ3) is 3.64. The van der Waals surface area contributed by atoms with Crippen LogP contribution in [0.15, 0.2) is 78.9 Å². The van der Waals surface area contributed by atoms with Crippen LogP contribution in [0.2, 0.25) is 0 Å². The number of nitrogens with zero attached hydrogens (tertiary/aromatic N) is 2. The highest BCUT2D eigenvalue weighted by atomic mass is 16.7. The standard InChI is InChI=1S/C25H24N2O3/c28-25(21-11-12-22-23(17-21)30-18-29-22)27-15-13-26(14-16-27)24(19-7-3-1-4-8-19)20-9-5-2-6-10-20/h1-12,17,24H,13-16,18H2. The summed E-state index contributed by atoms with van der Waals surface area (Å²) in [6.45, 7) is 3.26. The number of hydrogen-bond donors (Lipinski definition) is 0. The van der Waals surface area contributed by atoms with E-state index in [-0.39, 0.29) is 18.7 Å². The van der Waals surface area contributed by atoms with E-state index in [1.54, 1.807) is 6.07 Å². The third-order valence-corrected chi connectivity index (χ3v) is 5.82. The van der Waals surface area contributed by atoms with Crippen LogP contribution in [0.3, 0.4) is 0 Å². The van der Waals surface area contributed by atoms with Gasteiger partial charge in [0.25, 0.3) is 5.91 Å². The predicted molar refractivity (Wildman–Crippen MR) is 115 cm³/mol. The van der Waals surface area contributed by atoms with Crippen molar-refractivity contribution in [2.75, 3.05) is 33.0 Å². The third-order valence-electron chi connectivity index (χ3n) is 5.82. The molecule has 5 rings (SSSR count). The van der Waals surface area contributed by atoms with E-state index < -0.39 is 0 Å². The first-order valence-electron chi connectivity index (χ1n) is 10.3.